The van der Waals surface area contributed by atoms with E-state index in [-0.39, 0.29) is 11.3 Å². The van der Waals surface area contributed by atoms with Gasteiger partial charge in [0.05, 0.1) is 11.6 Å². The van der Waals surface area contributed by atoms with Crippen molar-refractivity contribution in [3.8, 4) is 0 Å². The van der Waals surface area contributed by atoms with Crippen LogP contribution in [0.5, 0.6) is 0 Å². The monoisotopic (exact) mass is 403 g/mol. The summed E-state index contributed by atoms with van der Waals surface area (Å²) in [6, 6.07) is 16.4. The number of likely N-dealkylation sites (tertiary alicyclic amines) is 1. The lowest BCUT2D eigenvalue weighted by Gasteiger charge is -2.25. The maximum absolute atomic E-state index is 13.0. The van der Waals surface area contributed by atoms with Gasteiger partial charge < -0.3 is 19.9 Å². The van der Waals surface area contributed by atoms with Gasteiger partial charge in [-0.15, -0.1) is 0 Å². The second-order valence-electron chi connectivity index (χ2n) is 7.81. The maximum atomic E-state index is 13.0. The molecule has 4 rings (SSSR count). The molecule has 0 aliphatic carbocycles. The molecule has 6 heteroatoms. The van der Waals surface area contributed by atoms with Crippen LogP contribution in [0.4, 0.5) is 0 Å². The van der Waals surface area contributed by atoms with Crippen LogP contribution in [0, 0.1) is 0 Å². The molecule has 2 heterocycles. The summed E-state index contributed by atoms with van der Waals surface area (Å²) in [6.45, 7) is 1.24. The SMILES string of the molecule is CN(C)CCCN1C(=O)C(=O)/C(=C(/O)c2c[nH]c3ccccc23)[C@H]1c1ccccc1. The molecule has 0 unspecified atom stereocenters. The molecule has 0 radical (unpaired) electrons. The molecule has 30 heavy (non-hydrogen) atoms. The largest absolute Gasteiger partial charge is 0.507 e. The molecular formula is C24H25N3O3. The Hall–Kier alpha value is -3.38. The standard InChI is InChI=1S/C24H25N3O3/c1-26(2)13-8-14-27-21(16-9-4-3-5-10-16)20(23(29)24(27)30)22(28)18-15-25-19-12-7-6-11-17(18)19/h3-7,9-12,15,21,25,28H,8,13-14H2,1-2H3/b22-20+/t21-/m1/s1. The third kappa shape index (κ3) is 3.50. The Kier molecular flexibility index (Phi) is 5.42. The Morgan fingerprint density at radius 1 is 1.07 bits per heavy atom. The number of nitrogens with zero attached hydrogens (tertiary/aromatic N) is 2. The van der Waals surface area contributed by atoms with Crippen molar-refractivity contribution in [1.82, 2.24) is 14.8 Å². The van der Waals surface area contributed by atoms with E-state index in [0.29, 0.717) is 12.1 Å². The van der Waals surface area contributed by atoms with Gasteiger partial charge in [-0.2, -0.15) is 0 Å². The predicted octanol–water partition coefficient (Wildman–Crippen LogP) is 3.54. The average molecular weight is 403 g/mol. The summed E-state index contributed by atoms with van der Waals surface area (Å²) in [5.74, 6) is -1.35. The zero-order valence-corrected chi connectivity index (χ0v) is 17.1. The topological polar surface area (TPSA) is 76.6 Å². The first kappa shape index (κ1) is 19.9. The van der Waals surface area contributed by atoms with Gasteiger partial charge in [-0.3, -0.25) is 9.59 Å². The summed E-state index contributed by atoms with van der Waals surface area (Å²) in [6.07, 6.45) is 2.41. The molecule has 0 bridgehead atoms. The molecule has 0 spiro atoms. The van der Waals surface area contributed by atoms with Crippen molar-refractivity contribution in [1.29, 1.82) is 0 Å². The molecule has 1 saturated heterocycles. The van der Waals surface area contributed by atoms with Crippen molar-refractivity contribution in [2.45, 2.75) is 12.5 Å². The average Bonchev–Trinajstić information content (AvgIpc) is 3.28. The summed E-state index contributed by atoms with van der Waals surface area (Å²) in [4.78, 5) is 32.7. The number of H-pyrrole nitrogens is 1. The van der Waals surface area contributed by atoms with Crippen LogP contribution in [0.25, 0.3) is 16.7 Å². The van der Waals surface area contributed by atoms with Crippen LogP contribution in [-0.4, -0.2) is 58.8 Å². The number of benzene rings is 2. The molecule has 1 aliphatic rings. The number of nitrogens with one attached hydrogen (secondary N) is 1. The molecular weight excluding hydrogens is 378 g/mol. The molecule has 2 aromatic carbocycles. The third-order valence-electron chi connectivity index (χ3n) is 5.50. The molecule has 6 nitrogen and oxygen atoms in total. The number of rotatable bonds is 6. The van der Waals surface area contributed by atoms with E-state index >= 15 is 0 Å². The van der Waals surface area contributed by atoms with Gasteiger partial charge in [0.1, 0.15) is 5.76 Å². The third-order valence-corrected chi connectivity index (χ3v) is 5.50. The highest BCUT2D eigenvalue weighted by Crippen LogP contribution is 2.40. The van der Waals surface area contributed by atoms with E-state index in [4.69, 9.17) is 0 Å². The zero-order chi connectivity index (χ0) is 21.3. The van der Waals surface area contributed by atoms with Gasteiger partial charge in [-0.1, -0.05) is 48.5 Å². The lowest BCUT2D eigenvalue weighted by Crippen LogP contribution is -2.32. The second-order valence-corrected chi connectivity index (χ2v) is 7.81. The fourth-order valence-corrected chi connectivity index (χ4v) is 4.06. The second kappa shape index (κ2) is 8.16. The molecule has 2 N–H and O–H groups in total. The number of aliphatic hydroxyl groups is 1. The zero-order valence-electron chi connectivity index (χ0n) is 17.1. The van der Waals surface area contributed by atoms with E-state index in [1.165, 1.54) is 0 Å². The molecule has 1 fully saturated rings. The summed E-state index contributed by atoms with van der Waals surface area (Å²) < 4.78 is 0. The quantitative estimate of drug-likeness (QED) is 0.375. The molecule has 0 saturated carbocycles. The summed E-state index contributed by atoms with van der Waals surface area (Å²) in [7, 11) is 3.94. The Morgan fingerprint density at radius 3 is 2.50 bits per heavy atom. The van der Waals surface area contributed by atoms with Crippen molar-refractivity contribution < 1.29 is 14.7 Å². The smallest absolute Gasteiger partial charge is 0.295 e. The number of Topliss-reactive ketones (excluding diaryl/α,β-unsaturated/α-hetero) is 1. The van der Waals surface area contributed by atoms with Gasteiger partial charge in [0.15, 0.2) is 0 Å². The van der Waals surface area contributed by atoms with Crippen molar-refractivity contribution in [2.75, 3.05) is 27.2 Å². The number of hydrogen-bond acceptors (Lipinski definition) is 4. The van der Waals surface area contributed by atoms with Crippen molar-refractivity contribution in [3.05, 3.63) is 77.5 Å². The minimum absolute atomic E-state index is 0.140. The van der Waals surface area contributed by atoms with Gasteiger partial charge in [-0.05, 0) is 38.7 Å². The van der Waals surface area contributed by atoms with Crippen LogP contribution in [0.2, 0.25) is 0 Å². The number of hydrogen-bond donors (Lipinski definition) is 2. The van der Waals surface area contributed by atoms with E-state index in [1.54, 1.807) is 11.1 Å². The van der Waals surface area contributed by atoms with Crippen molar-refractivity contribution in [3.63, 3.8) is 0 Å². The Labute approximate surface area is 175 Å². The number of ketones is 1. The first-order valence-corrected chi connectivity index (χ1v) is 10.0. The van der Waals surface area contributed by atoms with Crippen molar-refractivity contribution >= 4 is 28.4 Å². The number of aromatic nitrogens is 1. The molecule has 3 aromatic rings. The fourth-order valence-electron chi connectivity index (χ4n) is 4.06. The summed E-state index contributed by atoms with van der Waals surface area (Å²) >= 11 is 0. The highest BCUT2D eigenvalue weighted by Gasteiger charge is 2.45. The molecule has 154 valence electrons. The van der Waals surface area contributed by atoms with Crippen LogP contribution >= 0.6 is 0 Å². The van der Waals surface area contributed by atoms with Gasteiger partial charge in [-0.25, -0.2) is 0 Å². The lowest BCUT2D eigenvalue weighted by molar-refractivity contribution is -0.139. The van der Waals surface area contributed by atoms with E-state index < -0.39 is 17.7 Å². The minimum Gasteiger partial charge on any atom is -0.507 e. The number of amides is 1. The van der Waals surface area contributed by atoms with Gasteiger partial charge >= 0.3 is 0 Å². The maximum Gasteiger partial charge on any atom is 0.295 e. The number of carbonyl (C=O) groups excluding carboxylic acids is 2. The van der Waals surface area contributed by atoms with E-state index in [9.17, 15) is 14.7 Å². The van der Waals surface area contributed by atoms with Crippen LogP contribution in [0.1, 0.15) is 23.6 Å². The Morgan fingerprint density at radius 2 is 1.77 bits per heavy atom. The predicted molar refractivity (Wildman–Crippen MR) is 117 cm³/mol. The van der Waals surface area contributed by atoms with Gasteiger partial charge in [0, 0.05) is 29.2 Å². The summed E-state index contributed by atoms with van der Waals surface area (Å²) in [5.41, 5.74) is 2.33. The van der Waals surface area contributed by atoms with Crippen LogP contribution in [-0.2, 0) is 9.59 Å². The van der Waals surface area contributed by atoms with Crippen LogP contribution < -0.4 is 0 Å². The van der Waals surface area contributed by atoms with Gasteiger partial charge in [0.2, 0.25) is 0 Å². The van der Waals surface area contributed by atoms with Crippen molar-refractivity contribution in [2.24, 2.45) is 0 Å². The number of fused-ring (bicyclic) bond motifs is 1. The normalized spacial score (nSPS) is 18.6. The lowest BCUT2D eigenvalue weighted by atomic mass is 9.95. The first-order valence-electron chi connectivity index (χ1n) is 10.0. The number of aromatic amines is 1. The van der Waals surface area contributed by atoms with E-state index in [0.717, 1.165) is 29.4 Å². The number of aliphatic hydroxyl groups excluding tert-OH is 1. The Balaban J connectivity index is 1.83. The summed E-state index contributed by atoms with van der Waals surface area (Å²) in [5, 5.41) is 12.0. The van der Waals surface area contributed by atoms with Crippen LogP contribution in [0.3, 0.4) is 0 Å². The van der Waals surface area contributed by atoms with Crippen LogP contribution in [0.15, 0.2) is 66.4 Å². The van der Waals surface area contributed by atoms with E-state index in [2.05, 4.69) is 4.98 Å². The number of para-hydroxylation sites is 1. The fraction of sp³-hybridized carbons (Fsp3) is 0.250. The minimum atomic E-state index is -0.642. The molecule has 1 amide bonds. The molecule has 1 atom stereocenters. The first-order chi connectivity index (χ1) is 14.5. The highest BCUT2D eigenvalue weighted by atomic mass is 16.3. The number of carbonyl (C=O) groups is 2. The van der Waals surface area contributed by atoms with Gasteiger partial charge in [0.25, 0.3) is 11.7 Å². The molecule has 1 aromatic heterocycles. The van der Waals surface area contributed by atoms with E-state index in [1.807, 2.05) is 73.6 Å². The highest BCUT2D eigenvalue weighted by molar-refractivity contribution is 6.46. The Bertz CT molecular complexity index is 1110. The molecule has 1 aliphatic heterocycles.